The number of ether oxygens (including phenoxy) is 3. The van der Waals surface area contributed by atoms with Gasteiger partial charge in [0, 0.05) is 30.5 Å². The highest BCUT2D eigenvalue weighted by molar-refractivity contribution is 5.90. The van der Waals surface area contributed by atoms with Crippen LogP contribution in [-0.2, 0) is 11.2 Å². The van der Waals surface area contributed by atoms with Crippen molar-refractivity contribution in [2.75, 3.05) is 27.5 Å². The maximum absolute atomic E-state index is 13.0. The van der Waals surface area contributed by atoms with Gasteiger partial charge in [-0.1, -0.05) is 31.6 Å². The van der Waals surface area contributed by atoms with Gasteiger partial charge >= 0.3 is 0 Å². The predicted octanol–water partition coefficient (Wildman–Crippen LogP) is 4.85. The van der Waals surface area contributed by atoms with Gasteiger partial charge < -0.3 is 14.2 Å². The third-order valence-electron chi connectivity index (χ3n) is 7.00. The van der Waals surface area contributed by atoms with Gasteiger partial charge in [0.2, 0.25) is 12.5 Å². The maximum atomic E-state index is 13.0. The Bertz CT molecular complexity index is 899. The average molecular weight is 412 g/mol. The van der Waals surface area contributed by atoms with Crippen LogP contribution >= 0.6 is 0 Å². The third-order valence-corrected chi connectivity index (χ3v) is 7.00. The van der Waals surface area contributed by atoms with Crippen molar-refractivity contribution < 1.29 is 19.0 Å². The molecule has 0 aromatic heterocycles. The Labute approximate surface area is 179 Å². The Kier molecular flexibility index (Phi) is 5.67. The fourth-order valence-corrected chi connectivity index (χ4v) is 5.23. The lowest BCUT2D eigenvalue weighted by molar-refractivity contribution is -0.115. The molecule has 2 aliphatic heterocycles. The number of methoxy groups -OCH3 is 1. The van der Waals surface area contributed by atoms with E-state index in [0.29, 0.717) is 23.8 Å². The van der Waals surface area contributed by atoms with E-state index in [-0.39, 0.29) is 24.0 Å². The van der Waals surface area contributed by atoms with Crippen LogP contribution in [-0.4, -0.2) is 38.2 Å². The summed E-state index contributed by atoms with van der Waals surface area (Å²) in [6, 6.07) is 2.02. The number of fused-ring (bicyclic) bond motifs is 2. The second kappa shape index (κ2) is 8.10. The van der Waals surface area contributed by atoms with Crippen molar-refractivity contribution >= 4 is 5.78 Å². The van der Waals surface area contributed by atoms with Crippen LogP contribution in [0.15, 0.2) is 29.9 Å². The van der Waals surface area contributed by atoms with Gasteiger partial charge in [-0.2, -0.15) is 0 Å². The molecule has 0 N–H and O–H groups in total. The van der Waals surface area contributed by atoms with E-state index in [0.717, 1.165) is 37.1 Å². The number of carbonyl (C=O) groups is 1. The minimum Gasteiger partial charge on any atom is -0.492 e. The summed E-state index contributed by atoms with van der Waals surface area (Å²) < 4.78 is 17.0. The first-order chi connectivity index (χ1) is 14.3. The van der Waals surface area contributed by atoms with Crippen molar-refractivity contribution in [1.29, 1.82) is 0 Å². The van der Waals surface area contributed by atoms with Crippen molar-refractivity contribution in [3.05, 3.63) is 41.0 Å². The first kappa shape index (κ1) is 21.0. The standard InChI is InChI=1S/C25H33NO4/c1-16-7-6-11-25(2,3)19(16)9-8-18(27)14-20-22-17(10-12-26(20)4)13-21-23(24(22)28-5)30-15-29-21/h7-9,13,19-20H,6,10-12,14-15H2,1-5H3/b9-8+/t19-,20-/m1/s1. The van der Waals surface area contributed by atoms with Crippen molar-refractivity contribution in [1.82, 2.24) is 4.90 Å². The fraction of sp³-hybridized carbons (Fsp3) is 0.560. The van der Waals surface area contributed by atoms with Crippen LogP contribution in [0.25, 0.3) is 0 Å². The van der Waals surface area contributed by atoms with E-state index in [4.69, 9.17) is 14.2 Å². The lowest BCUT2D eigenvalue weighted by Gasteiger charge is -2.37. The zero-order chi connectivity index (χ0) is 21.5. The molecule has 0 saturated carbocycles. The Morgan fingerprint density at radius 1 is 1.37 bits per heavy atom. The van der Waals surface area contributed by atoms with Gasteiger partial charge in [-0.05, 0) is 56.4 Å². The summed E-state index contributed by atoms with van der Waals surface area (Å²) in [7, 11) is 3.73. The van der Waals surface area contributed by atoms with Gasteiger partial charge in [-0.15, -0.1) is 0 Å². The molecule has 0 bridgehead atoms. The lowest BCUT2D eigenvalue weighted by Crippen LogP contribution is -2.33. The second-order valence-corrected chi connectivity index (χ2v) is 9.45. The quantitative estimate of drug-likeness (QED) is 0.512. The third kappa shape index (κ3) is 3.76. The van der Waals surface area contributed by atoms with E-state index in [9.17, 15) is 4.79 Å². The fourth-order valence-electron chi connectivity index (χ4n) is 5.23. The van der Waals surface area contributed by atoms with Gasteiger partial charge in [0.25, 0.3) is 0 Å². The Morgan fingerprint density at radius 3 is 2.90 bits per heavy atom. The van der Waals surface area contributed by atoms with Gasteiger partial charge in [-0.25, -0.2) is 0 Å². The topological polar surface area (TPSA) is 48.0 Å². The van der Waals surface area contributed by atoms with Crippen LogP contribution in [0.1, 0.15) is 57.2 Å². The average Bonchev–Trinajstić information content (AvgIpc) is 3.16. The van der Waals surface area contributed by atoms with Crippen LogP contribution in [0.4, 0.5) is 0 Å². The van der Waals surface area contributed by atoms with Gasteiger partial charge in [-0.3, -0.25) is 9.69 Å². The Morgan fingerprint density at radius 2 is 2.17 bits per heavy atom. The molecule has 4 rings (SSSR count). The molecule has 1 aromatic rings. The molecule has 1 aromatic carbocycles. The Hall–Kier alpha value is -2.27. The number of ketones is 1. The highest BCUT2D eigenvalue weighted by Gasteiger charge is 2.35. The van der Waals surface area contributed by atoms with E-state index in [2.05, 4.69) is 50.9 Å². The SMILES string of the molecule is COc1c2c(cc3c1[C@@H](CC(=O)/C=C/[C@@H]1C(C)=CCCC1(C)C)N(C)CC3)OCO2. The van der Waals surface area contributed by atoms with Gasteiger partial charge in [0.1, 0.15) is 0 Å². The highest BCUT2D eigenvalue weighted by atomic mass is 16.7. The first-order valence-corrected chi connectivity index (χ1v) is 10.9. The smallest absolute Gasteiger partial charge is 0.231 e. The number of benzene rings is 1. The van der Waals surface area contributed by atoms with Gasteiger partial charge in [0.05, 0.1) is 7.11 Å². The van der Waals surface area contributed by atoms with E-state index >= 15 is 0 Å². The summed E-state index contributed by atoms with van der Waals surface area (Å²) in [6.45, 7) is 7.87. The molecule has 5 heteroatoms. The molecule has 0 spiro atoms. The molecule has 2 heterocycles. The second-order valence-electron chi connectivity index (χ2n) is 9.45. The molecule has 30 heavy (non-hydrogen) atoms. The number of carbonyl (C=O) groups excluding carboxylic acids is 1. The minimum absolute atomic E-state index is 0.0358. The summed E-state index contributed by atoms with van der Waals surface area (Å²) in [5, 5.41) is 0. The molecule has 3 aliphatic rings. The normalized spacial score (nSPS) is 25.2. The molecule has 0 amide bonds. The van der Waals surface area contributed by atoms with Crippen LogP contribution in [0.5, 0.6) is 17.2 Å². The van der Waals surface area contributed by atoms with Crippen molar-refractivity contribution in [2.24, 2.45) is 11.3 Å². The number of likely N-dealkylation sites (N-methyl/N-ethyl adjacent to an activating group) is 1. The molecule has 162 valence electrons. The van der Waals surface area contributed by atoms with Crippen LogP contribution in [0.2, 0.25) is 0 Å². The molecule has 1 aliphatic carbocycles. The molecule has 0 radical (unpaired) electrons. The summed E-state index contributed by atoms with van der Waals surface area (Å²) in [4.78, 5) is 15.3. The first-order valence-electron chi connectivity index (χ1n) is 10.9. The van der Waals surface area contributed by atoms with E-state index < -0.39 is 0 Å². The molecule has 0 saturated heterocycles. The van der Waals surface area contributed by atoms with Crippen LogP contribution in [0.3, 0.4) is 0 Å². The summed E-state index contributed by atoms with van der Waals surface area (Å²) in [6.07, 6.45) is 9.83. The summed E-state index contributed by atoms with van der Waals surface area (Å²) in [5.74, 6) is 2.57. The number of hydrogen-bond donors (Lipinski definition) is 0. The molecule has 2 atom stereocenters. The number of allylic oxidation sites excluding steroid dienone is 4. The van der Waals surface area contributed by atoms with Crippen LogP contribution < -0.4 is 14.2 Å². The van der Waals surface area contributed by atoms with E-state index in [1.54, 1.807) is 13.2 Å². The highest BCUT2D eigenvalue weighted by Crippen LogP contribution is 2.50. The zero-order valence-electron chi connectivity index (χ0n) is 18.8. The molecule has 0 fully saturated rings. The minimum atomic E-state index is -0.0358. The molecular formula is C25H33NO4. The van der Waals surface area contributed by atoms with Crippen molar-refractivity contribution in [3.63, 3.8) is 0 Å². The molecule has 0 unspecified atom stereocenters. The van der Waals surface area contributed by atoms with E-state index in [1.807, 2.05) is 0 Å². The maximum Gasteiger partial charge on any atom is 0.231 e. The summed E-state index contributed by atoms with van der Waals surface area (Å²) >= 11 is 0. The molecule has 5 nitrogen and oxygen atoms in total. The predicted molar refractivity (Wildman–Crippen MR) is 117 cm³/mol. The monoisotopic (exact) mass is 411 g/mol. The Balaban J connectivity index is 1.59. The number of hydrogen-bond acceptors (Lipinski definition) is 5. The number of rotatable bonds is 5. The van der Waals surface area contributed by atoms with Crippen molar-refractivity contribution in [3.8, 4) is 17.2 Å². The lowest BCUT2D eigenvalue weighted by atomic mass is 9.68. The van der Waals surface area contributed by atoms with E-state index in [1.165, 1.54) is 11.1 Å². The van der Waals surface area contributed by atoms with Crippen LogP contribution in [0, 0.1) is 11.3 Å². The van der Waals surface area contributed by atoms with Crippen molar-refractivity contribution in [2.45, 2.75) is 52.5 Å². The zero-order valence-corrected chi connectivity index (χ0v) is 18.8. The largest absolute Gasteiger partial charge is 0.492 e. The molecular weight excluding hydrogens is 378 g/mol. The summed E-state index contributed by atoms with van der Waals surface area (Å²) in [5.41, 5.74) is 3.80. The number of nitrogens with zero attached hydrogens (tertiary/aromatic N) is 1. The van der Waals surface area contributed by atoms with Gasteiger partial charge in [0.15, 0.2) is 17.3 Å².